The van der Waals surface area contributed by atoms with Crippen molar-refractivity contribution in [1.82, 2.24) is 20.2 Å². The Kier molecular flexibility index (Phi) is 5.71. The number of aryl methyl sites for hydroxylation is 1. The number of nitrogens with one attached hydrogen (secondary N) is 1. The average Bonchev–Trinajstić information content (AvgIpc) is 2.62. The van der Waals surface area contributed by atoms with Crippen LogP contribution >= 0.6 is 11.8 Å². The van der Waals surface area contributed by atoms with Crippen molar-refractivity contribution in [3.05, 3.63) is 23.8 Å². The van der Waals surface area contributed by atoms with Gasteiger partial charge in [-0.25, -0.2) is 9.97 Å². The van der Waals surface area contributed by atoms with Crippen molar-refractivity contribution in [2.45, 2.75) is 38.6 Å². The van der Waals surface area contributed by atoms with Gasteiger partial charge < -0.3 is 10.2 Å². The maximum absolute atomic E-state index is 12.6. The fourth-order valence-corrected chi connectivity index (χ4v) is 4.27. The largest absolute Gasteiger partial charge is 0.348 e. The zero-order valence-corrected chi connectivity index (χ0v) is 14.8. The first-order chi connectivity index (χ1) is 11.6. The Morgan fingerprint density at radius 2 is 1.92 bits per heavy atom. The maximum atomic E-state index is 12.6. The molecule has 0 radical (unpaired) electrons. The number of hydrogen-bond donors (Lipinski definition) is 1. The Balaban J connectivity index is 1.48. The third kappa shape index (κ3) is 4.26. The number of rotatable bonds is 3. The molecule has 1 aliphatic heterocycles. The van der Waals surface area contributed by atoms with Gasteiger partial charge in [-0.05, 0) is 38.7 Å². The highest BCUT2D eigenvalue weighted by Gasteiger charge is 2.30. The fraction of sp³-hybridized carbons (Fsp3) is 0.647. The molecule has 2 aliphatic rings. The second-order valence-electron chi connectivity index (χ2n) is 6.45. The molecule has 2 fully saturated rings. The summed E-state index contributed by atoms with van der Waals surface area (Å²) in [7, 11) is 0. The lowest BCUT2D eigenvalue weighted by Gasteiger charge is -2.34. The van der Waals surface area contributed by atoms with E-state index in [1.54, 1.807) is 19.2 Å². The minimum atomic E-state index is -0.150. The van der Waals surface area contributed by atoms with Crippen LogP contribution in [0.15, 0.2) is 12.3 Å². The first-order valence-electron chi connectivity index (χ1n) is 8.60. The predicted octanol–water partition coefficient (Wildman–Crippen LogP) is 1.65. The Bertz CT molecular complexity index is 596. The fourth-order valence-electron chi connectivity index (χ4n) is 3.37. The number of aromatic nitrogens is 2. The molecule has 0 bridgehead atoms. The van der Waals surface area contributed by atoms with Crippen LogP contribution < -0.4 is 5.32 Å². The summed E-state index contributed by atoms with van der Waals surface area (Å²) in [6, 6.07) is 1.76. The minimum Gasteiger partial charge on any atom is -0.348 e. The molecule has 0 unspecified atom stereocenters. The monoisotopic (exact) mass is 348 g/mol. The lowest BCUT2D eigenvalue weighted by molar-refractivity contribution is -0.136. The van der Waals surface area contributed by atoms with Crippen molar-refractivity contribution in [3.63, 3.8) is 0 Å². The number of hydrogen-bond acceptors (Lipinski definition) is 5. The summed E-state index contributed by atoms with van der Waals surface area (Å²) in [5, 5.41) is 3.04. The van der Waals surface area contributed by atoms with Crippen molar-refractivity contribution < 1.29 is 9.59 Å². The van der Waals surface area contributed by atoms with Crippen molar-refractivity contribution in [1.29, 1.82) is 0 Å². The normalized spacial score (nSPS) is 24.5. The number of amides is 2. The van der Waals surface area contributed by atoms with Crippen LogP contribution in [0, 0.1) is 12.8 Å². The molecule has 1 aliphatic carbocycles. The number of carbonyl (C=O) groups excluding carboxylic acids is 2. The van der Waals surface area contributed by atoms with Crippen molar-refractivity contribution in [3.8, 4) is 0 Å². The van der Waals surface area contributed by atoms with Crippen LogP contribution in [0.3, 0.4) is 0 Å². The van der Waals surface area contributed by atoms with Crippen LogP contribution in [0.1, 0.15) is 42.0 Å². The molecule has 1 saturated carbocycles. The molecule has 0 spiro atoms. The molecule has 3 rings (SSSR count). The number of nitrogens with zero attached hydrogens (tertiary/aromatic N) is 3. The second-order valence-corrected chi connectivity index (χ2v) is 7.67. The van der Waals surface area contributed by atoms with E-state index in [2.05, 4.69) is 15.3 Å². The first-order valence-corrected chi connectivity index (χ1v) is 9.76. The lowest BCUT2D eigenvalue weighted by Crippen LogP contribution is -2.44. The standard InChI is InChI=1S/C17H24N4O2S/c1-12-18-7-6-15(19-12)16(22)20-14-4-2-13(3-5-14)17(23)21-8-10-24-11-9-21/h6-7,13-14H,2-5,8-11H2,1H3,(H,20,22). The van der Waals surface area contributed by atoms with E-state index < -0.39 is 0 Å². The summed E-state index contributed by atoms with van der Waals surface area (Å²) >= 11 is 1.92. The molecular weight excluding hydrogens is 324 g/mol. The summed E-state index contributed by atoms with van der Waals surface area (Å²) in [5.41, 5.74) is 0.409. The van der Waals surface area contributed by atoms with Gasteiger partial charge in [0.1, 0.15) is 11.5 Å². The topological polar surface area (TPSA) is 75.2 Å². The highest BCUT2D eigenvalue weighted by atomic mass is 32.2. The van der Waals surface area contributed by atoms with Crippen molar-refractivity contribution in [2.24, 2.45) is 5.92 Å². The van der Waals surface area contributed by atoms with Gasteiger partial charge in [-0.2, -0.15) is 11.8 Å². The average molecular weight is 348 g/mol. The van der Waals surface area contributed by atoms with Gasteiger partial charge in [0.2, 0.25) is 5.91 Å². The van der Waals surface area contributed by atoms with Gasteiger partial charge in [-0.1, -0.05) is 0 Å². The molecule has 130 valence electrons. The zero-order valence-electron chi connectivity index (χ0n) is 14.0. The quantitative estimate of drug-likeness (QED) is 0.899. The van der Waals surface area contributed by atoms with Crippen LogP contribution in [-0.2, 0) is 4.79 Å². The molecule has 1 aromatic rings. The Labute approximate surface area is 146 Å². The van der Waals surface area contributed by atoms with Gasteiger partial charge in [0.15, 0.2) is 0 Å². The van der Waals surface area contributed by atoms with E-state index in [1.165, 1.54) is 0 Å². The van der Waals surface area contributed by atoms with Gasteiger partial charge in [-0.15, -0.1) is 0 Å². The Morgan fingerprint density at radius 3 is 2.58 bits per heavy atom. The van der Waals surface area contributed by atoms with E-state index in [-0.39, 0.29) is 17.9 Å². The van der Waals surface area contributed by atoms with Gasteiger partial charge in [-0.3, -0.25) is 9.59 Å². The smallest absolute Gasteiger partial charge is 0.270 e. The minimum absolute atomic E-state index is 0.127. The number of thioether (sulfide) groups is 1. The summed E-state index contributed by atoms with van der Waals surface area (Å²) in [6.45, 7) is 3.53. The third-order valence-corrected chi connectivity index (χ3v) is 5.69. The SMILES string of the molecule is Cc1nccc(C(=O)NC2CCC(C(=O)N3CCSCC3)CC2)n1. The van der Waals surface area contributed by atoms with E-state index in [0.717, 1.165) is 50.3 Å². The summed E-state index contributed by atoms with van der Waals surface area (Å²) in [6.07, 6.45) is 5.03. The lowest BCUT2D eigenvalue weighted by atomic mass is 9.85. The summed E-state index contributed by atoms with van der Waals surface area (Å²) < 4.78 is 0. The molecule has 0 atom stereocenters. The number of carbonyl (C=O) groups is 2. The Morgan fingerprint density at radius 1 is 1.21 bits per heavy atom. The molecule has 1 saturated heterocycles. The zero-order chi connectivity index (χ0) is 16.9. The van der Waals surface area contributed by atoms with Crippen LogP contribution in [0.4, 0.5) is 0 Å². The van der Waals surface area contributed by atoms with E-state index in [0.29, 0.717) is 17.4 Å². The molecule has 2 heterocycles. The third-order valence-electron chi connectivity index (χ3n) is 4.74. The molecule has 0 aromatic carbocycles. The van der Waals surface area contributed by atoms with Gasteiger partial charge in [0.25, 0.3) is 5.91 Å². The van der Waals surface area contributed by atoms with Gasteiger partial charge in [0, 0.05) is 42.8 Å². The molecule has 1 aromatic heterocycles. The van der Waals surface area contributed by atoms with Crippen LogP contribution in [-0.4, -0.2) is 57.3 Å². The molecule has 6 nitrogen and oxygen atoms in total. The van der Waals surface area contributed by atoms with Crippen LogP contribution in [0.25, 0.3) is 0 Å². The first kappa shape index (κ1) is 17.2. The maximum Gasteiger partial charge on any atom is 0.270 e. The van der Waals surface area contributed by atoms with E-state index in [1.807, 2.05) is 16.7 Å². The molecule has 7 heteroatoms. The highest BCUT2D eigenvalue weighted by Crippen LogP contribution is 2.27. The molecule has 1 N–H and O–H groups in total. The molecule has 24 heavy (non-hydrogen) atoms. The van der Waals surface area contributed by atoms with Crippen LogP contribution in [0.5, 0.6) is 0 Å². The Hall–Kier alpha value is -1.63. The van der Waals surface area contributed by atoms with Crippen LogP contribution in [0.2, 0.25) is 0 Å². The summed E-state index contributed by atoms with van der Waals surface area (Å²) in [4.78, 5) is 35.0. The van der Waals surface area contributed by atoms with Crippen molar-refractivity contribution in [2.75, 3.05) is 24.6 Å². The molecule has 2 amide bonds. The predicted molar refractivity (Wildman–Crippen MR) is 93.9 cm³/mol. The molecular formula is C17H24N4O2S. The van der Waals surface area contributed by atoms with E-state index in [4.69, 9.17) is 0 Å². The summed E-state index contributed by atoms with van der Waals surface area (Å²) in [5.74, 6) is 2.99. The second kappa shape index (κ2) is 7.96. The van der Waals surface area contributed by atoms with E-state index >= 15 is 0 Å². The van der Waals surface area contributed by atoms with Gasteiger partial charge >= 0.3 is 0 Å². The van der Waals surface area contributed by atoms with E-state index in [9.17, 15) is 9.59 Å². The van der Waals surface area contributed by atoms with Crippen molar-refractivity contribution >= 4 is 23.6 Å². The van der Waals surface area contributed by atoms with Gasteiger partial charge in [0.05, 0.1) is 0 Å². The highest BCUT2D eigenvalue weighted by molar-refractivity contribution is 7.99.